The molecule has 0 unspecified atom stereocenters. The van der Waals surface area contributed by atoms with Gasteiger partial charge in [-0.15, -0.1) is 0 Å². The highest BCUT2D eigenvalue weighted by Crippen LogP contribution is 2.57. The van der Waals surface area contributed by atoms with Crippen LogP contribution < -0.4 is 0 Å². The number of hydrogen-bond donors (Lipinski definition) is 0. The molecular weight excluding hydrogens is 286 g/mol. The van der Waals surface area contributed by atoms with Gasteiger partial charge in [0.25, 0.3) is 0 Å². The van der Waals surface area contributed by atoms with Gasteiger partial charge < -0.3 is 19.1 Å². The minimum atomic E-state index is -0.899. The van der Waals surface area contributed by atoms with Crippen LogP contribution in [0.1, 0.15) is 38.5 Å². The van der Waals surface area contributed by atoms with Gasteiger partial charge in [-0.2, -0.15) is 0 Å². The zero-order chi connectivity index (χ0) is 15.4. The van der Waals surface area contributed by atoms with E-state index in [4.69, 9.17) is 14.2 Å². The lowest BCUT2D eigenvalue weighted by atomic mass is 9.61. The summed E-state index contributed by atoms with van der Waals surface area (Å²) in [4.78, 5) is 27.2. The lowest BCUT2D eigenvalue weighted by Crippen LogP contribution is -2.69. The van der Waals surface area contributed by atoms with Gasteiger partial charge in [-0.3, -0.25) is 9.59 Å². The summed E-state index contributed by atoms with van der Waals surface area (Å²) in [6.45, 7) is 1.62. The molecule has 0 radical (unpaired) electrons. The fourth-order valence-corrected chi connectivity index (χ4v) is 5.38. The molecule has 3 atom stereocenters. The largest absolute Gasteiger partial charge is 0.469 e. The Morgan fingerprint density at radius 3 is 2.77 bits per heavy atom. The molecule has 1 amide bonds. The minimum Gasteiger partial charge on any atom is -0.469 e. The molecule has 6 nitrogen and oxygen atoms in total. The van der Waals surface area contributed by atoms with E-state index in [0.717, 1.165) is 25.7 Å². The molecular formula is C16H23NO5. The highest BCUT2D eigenvalue weighted by Gasteiger charge is 2.69. The summed E-state index contributed by atoms with van der Waals surface area (Å²) in [6.07, 6.45) is 5.08. The molecule has 122 valence electrons. The first-order valence-corrected chi connectivity index (χ1v) is 8.30. The first-order valence-electron chi connectivity index (χ1n) is 8.30. The predicted octanol–water partition coefficient (Wildman–Crippen LogP) is 1.08. The maximum atomic E-state index is 12.7. The summed E-state index contributed by atoms with van der Waals surface area (Å²) in [5, 5.41) is 0. The molecule has 2 spiro atoms. The molecule has 0 bridgehead atoms. The van der Waals surface area contributed by atoms with Gasteiger partial charge in [-0.25, -0.2) is 0 Å². The van der Waals surface area contributed by atoms with E-state index < -0.39 is 17.2 Å². The summed E-state index contributed by atoms with van der Waals surface area (Å²) in [5.74, 6) is -1.34. The summed E-state index contributed by atoms with van der Waals surface area (Å²) in [6, 6.07) is 0. The molecule has 4 rings (SSSR count). The molecule has 1 saturated carbocycles. The van der Waals surface area contributed by atoms with Crippen molar-refractivity contribution >= 4 is 11.9 Å². The highest BCUT2D eigenvalue weighted by molar-refractivity contribution is 5.84. The maximum Gasteiger partial charge on any atom is 0.316 e. The second-order valence-corrected chi connectivity index (χ2v) is 6.90. The van der Waals surface area contributed by atoms with Crippen LogP contribution in [0.5, 0.6) is 0 Å². The van der Waals surface area contributed by atoms with Crippen molar-refractivity contribution < 1.29 is 23.8 Å². The van der Waals surface area contributed by atoms with Crippen molar-refractivity contribution in [1.82, 2.24) is 4.90 Å². The van der Waals surface area contributed by atoms with Crippen LogP contribution in [0.3, 0.4) is 0 Å². The number of hydrogen-bond acceptors (Lipinski definition) is 5. The smallest absolute Gasteiger partial charge is 0.316 e. The van der Waals surface area contributed by atoms with Gasteiger partial charge in [0.05, 0.1) is 25.9 Å². The van der Waals surface area contributed by atoms with Crippen molar-refractivity contribution in [3.05, 3.63) is 0 Å². The van der Waals surface area contributed by atoms with Gasteiger partial charge in [0.2, 0.25) is 5.91 Å². The van der Waals surface area contributed by atoms with Crippen molar-refractivity contribution in [2.45, 2.75) is 49.9 Å². The van der Waals surface area contributed by atoms with Crippen LogP contribution in [0.4, 0.5) is 0 Å². The Morgan fingerprint density at radius 2 is 2.05 bits per heavy atom. The summed E-state index contributed by atoms with van der Waals surface area (Å²) in [7, 11) is 1.41. The minimum absolute atomic E-state index is 0.175. The average Bonchev–Trinajstić information content (AvgIpc) is 3.09. The van der Waals surface area contributed by atoms with Crippen LogP contribution in [0.25, 0.3) is 0 Å². The summed E-state index contributed by atoms with van der Waals surface area (Å²) >= 11 is 0. The summed E-state index contributed by atoms with van der Waals surface area (Å²) in [5.41, 5.74) is -0.467. The van der Waals surface area contributed by atoms with Crippen LogP contribution in [0.2, 0.25) is 0 Å². The monoisotopic (exact) mass is 309 g/mol. The molecule has 1 aliphatic carbocycles. The highest BCUT2D eigenvalue weighted by atomic mass is 16.7. The van der Waals surface area contributed by atoms with Crippen molar-refractivity contribution in [2.75, 3.05) is 26.9 Å². The second-order valence-electron chi connectivity index (χ2n) is 6.90. The average molecular weight is 309 g/mol. The molecule has 0 aromatic carbocycles. The van der Waals surface area contributed by atoms with Crippen LogP contribution in [0.15, 0.2) is 0 Å². The fraction of sp³-hybridized carbons (Fsp3) is 0.875. The third-order valence-corrected chi connectivity index (χ3v) is 6.15. The first-order chi connectivity index (χ1) is 10.6. The molecule has 3 saturated heterocycles. The Bertz CT molecular complexity index is 501. The molecule has 3 aliphatic heterocycles. The lowest BCUT2D eigenvalue weighted by Gasteiger charge is -2.56. The number of esters is 1. The Morgan fingerprint density at radius 1 is 1.27 bits per heavy atom. The number of ether oxygens (including phenoxy) is 3. The number of methoxy groups -OCH3 is 1. The van der Waals surface area contributed by atoms with Crippen molar-refractivity contribution in [1.29, 1.82) is 0 Å². The van der Waals surface area contributed by atoms with Gasteiger partial charge in [-0.1, -0.05) is 12.8 Å². The van der Waals surface area contributed by atoms with Gasteiger partial charge in [-0.05, 0) is 18.8 Å². The first kappa shape index (κ1) is 14.5. The molecule has 0 aromatic rings. The summed E-state index contributed by atoms with van der Waals surface area (Å²) < 4.78 is 17.0. The Balaban J connectivity index is 1.83. The van der Waals surface area contributed by atoms with Crippen molar-refractivity contribution in [2.24, 2.45) is 11.8 Å². The van der Waals surface area contributed by atoms with E-state index >= 15 is 0 Å². The van der Waals surface area contributed by atoms with Crippen LogP contribution >= 0.6 is 0 Å². The van der Waals surface area contributed by atoms with E-state index in [0.29, 0.717) is 32.6 Å². The SMILES string of the molecule is COC(=O)[C@H]1C2(CCN3C(=O)C[C@@H]4CCCC[C@]413)OCCO2. The van der Waals surface area contributed by atoms with E-state index in [2.05, 4.69) is 0 Å². The predicted molar refractivity (Wildman–Crippen MR) is 75.8 cm³/mol. The Hall–Kier alpha value is -1.14. The third-order valence-electron chi connectivity index (χ3n) is 6.15. The van der Waals surface area contributed by atoms with Gasteiger partial charge >= 0.3 is 5.97 Å². The standard InChI is InChI=1S/C16H23NO5/c1-20-14(19)13-15-5-3-2-4-11(15)10-12(18)17(15)7-6-16(13)21-8-9-22-16/h11,13H,2-10H2,1H3/t11-,13+,15-/m0/s1. The van der Waals surface area contributed by atoms with Gasteiger partial charge in [0.1, 0.15) is 5.92 Å². The number of piperidine rings is 1. The van der Waals surface area contributed by atoms with E-state index in [9.17, 15) is 9.59 Å². The van der Waals surface area contributed by atoms with Crippen molar-refractivity contribution in [3.8, 4) is 0 Å². The molecule has 4 aliphatic rings. The number of amides is 1. The van der Waals surface area contributed by atoms with E-state index in [1.807, 2.05) is 4.90 Å². The quantitative estimate of drug-likeness (QED) is 0.678. The molecule has 6 heteroatoms. The molecule has 0 aromatic heterocycles. The molecule has 0 N–H and O–H groups in total. The maximum absolute atomic E-state index is 12.7. The van der Waals surface area contributed by atoms with Crippen LogP contribution in [0, 0.1) is 11.8 Å². The molecule has 3 heterocycles. The number of nitrogens with zero attached hydrogens (tertiary/aromatic N) is 1. The zero-order valence-electron chi connectivity index (χ0n) is 13.0. The number of rotatable bonds is 1. The van der Waals surface area contributed by atoms with E-state index in [1.165, 1.54) is 7.11 Å². The Labute approximate surface area is 130 Å². The normalized spacial score (nSPS) is 39.7. The third kappa shape index (κ3) is 1.68. The number of carbonyl (C=O) groups excluding carboxylic acids is 2. The molecule has 4 fully saturated rings. The van der Waals surface area contributed by atoms with E-state index in [1.54, 1.807) is 0 Å². The lowest BCUT2D eigenvalue weighted by molar-refractivity contribution is -0.259. The topological polar surface area (TPSA) is 65.1 Å². The Kier molecular flexibility index (Phi) is 3.24. The molecule has 22 heavy (non-hydrogen) atoms. The second kappa shape index (κ2) is 4.93. The fourth-order valence-electron chi connectivity index (χ4n) is 5.38. The van der Waals surface area contributed by atoms with Crippen molar-refractivity contribution in [3.63, 3.8) is 0 Å². The van der Waals surface area contributed by atoms with Crippen LogP contribution in [-0.4, -0.2) is 55.0 Å². The van der Waals surface area contributed by atoms with E-state index in [-0.39, 0.29) is 17.8 Å². The number of carbonyl (C=O) groups is 2. The van der Waals surface area contributed by atoms with Crippen LogP contribution in [-0.2, 0) is 23.8 Å². The van der Waals surface area contributed by atoms with Gasteiger partial charge in [0.15, 0.2) is 5.79 Å². The van der Waals surface area contributed by atoms with Gasteiger partial charge in [0, 0.05) is 19.4 Å². The zero-order valence-corrected chi connectivity index (χ0v) is 13.0.